The highest BCUT2D eigenvalue weighted by Crippen LogP contribution is 2.34. The minimum atomic E-state index is -1.21. The molecule has 0 radical (unpaired) electrons. The number of benzene rings is 1. The number of aldehydes is 1. The molecule has 0 saturated heterocycles. The number of nitro benzene ring substituents is 1. The van der Waals surface area contributed by atoms with E-state index in [1.54, 1.807) is 0 Å². The third-order valence-corrected chi connectivity index (χ3v) is 4.09. The summed E-state index contributed by atoms with van der Waals surface area (Å²) in [4.78, 5) is 59.1. The van der Waals surface area contributed by atoms with Gasteiger partial charge in [-0.3, -0.25) is 29.4 Å². The zero-order valence-electron chi connectivity index (χ0n) is 13.9. The van der Waals surface area contributed by atoms with Gasteiger partial charge in [-0.05, 0) is 24.5 Å². The van der Waals surface area contributed by atoms with Gasteiger partial charge in [-0.2, -0.15) is 0 Å². The van der Waals surface area contributed by atoms with Crippen molar-refractivity contribution in [2.45, 2.75) is 25.3 Å². The normalized spacial score (nSPS) is 14.2. The molecule has 0 aromatic heterocycles. The van der Waals surface area contributed by atoms with Gasteiger partial charge in [0.25, 0.3) is 17.5 Å². The van der Waals surface area contributed by atoms with Crippen LogP contribution in [0, 0.1) is 10.1 Å². The van der Waals surface area contributed by atoms with E-state index in [9.17, 15) is 29.3 Å². The van der Waals surface area contributed by atoms with Crippen molar-refractivity contribution < 1.29 is 29.2 Å². The molecule has 138 valence electrons. The van der Waals surface area contributed by atoms with Crippen molar-refractivity contribution in [3.05, 3.63) is 38.9 Å². The number of aliphatic hydroxyl groups excluding tert-OH is 1. The number of rotatable bonds is 8. The number of nitrogens with one attached hydrogen (secondary N) is 1. The number of nitrogens with zero attached hydrogens (tertiary/aromatic N) is 2. The third kappa shape index (κ3) is 3.45. The Morgan fingerprint density at radius 2 is 2.08 bits per heavy atom. The Balaban J connectivity index is 2.44. The molecule has 0 bridgehead atoms. The molecule has 0 aliphatic carbocycles. The van der Waals surface area contributed by atoms with Crippen LogP contribution in [0.3, 0.4) is 0 Å². The second kappa shape index (κ2) is 7.83. The van der Waals surface area contributed by atoms with Gasteiger partial charge in [0.2, 0.25) is 5.91 Å². The topological polar surface area (TPSA) is 147 Å². The summed E-state index contributed by atoms with van der Waals surface area (Å²) in [6.07, 6.45) is 0.256. The largest absolute Gasteiger partial charge is 0.396 e. The summed E-state index contributed by atoms with van der Waals surface area (Å²) < 4.78 is 0. The predicted molar refractivity (Wildman–Crippen MR) is 87.5 cm³/mol. The summed E-state index contributed by atoms with van der Waals surface area (Å²) in [6, 6.07) is 1.23. The molecule has 3 amide bonds. The van der Waals surface area contributed by atoms with Crippen molar-refractivity contribution in [3.63, 3.8) is 0 Å². The van der Waals surface area contributed by atoms with Crippen LogP contribution in [-0.4, -0.2) is 58.6 Å². The molecule has 10 nitrogen and oxygen atoms in total. The maximum Gasteiger partial charge on any atom is 0.283 e. The van der Waals surface area contributed by atoms with Crippen LogP contribution < -0.4 is 5.32 Å². The van der Waals surface area contributed by atoms with Gasteiger partial charge in [-0.25, -0.2) is 0 Å². The molecule has 10 heteroatoms. The Kier molecular flexibility index (Phi) is 5.78. The lowest BCUT2D eigenvalue weighted by atomic mass is 10.0. The minimum absolute atomic E-state index is 0.0728. The summed E-state index contributed by atoms with van der Waals surface area (Å²) in [5.74, 6) is -2.15. The molecule has 0 fully saturated rings. The zero-order chi connectivity index (χ0) is 19.4. The average molecular weight is 363 g/mol. The molecule has 0 saturated carbocycles. The number of hydrogen-bond donors (Lipinski definition) is 2. The molecule has 2 rings (SSSR count). The zero-order valence-corrected chi connectivity index (χ0v) is 13.9. The Morgan fingerprint density at radius 1 is 1.38 bits per heavy atom. The quantitative estimate of drug-likeness (QED) is 0.282. The van der Waals surface area contributed by atoms with Crippen molar-refractivity contribution in [1.82, 2.24) is 10.2 Å². The highest BCUT2D eigenvalue weighted by atomic mass is 16.6. The number of hydrogen-bond acceptors (Lipinski definition) is 7. The van der Waals surface area contributed by atoms with E-state index < -0.39 is 28.5 Å². The van der Waals surface area contributed by atoms with Gasteiger partial charge in [0, 0.05) is 26.1 Å². The molecule has 1 aromatic rings. The number of fused-ring (bicyclic) bond motifs is 1. The van der Waals surface area contributed by atoms with Gasteiger partial charge in [0.1, 0.15) is 11.8 Å². The molecular weight excluding hydrogens is 346 g/mol. The van der Waals surface area contributed by atoms with Crippen molar-refractivity contribution in [3.8, 4) is 0 Å². The van der Waals surface area contributed by atoms with Crippen LogP contribution in [0.1, 0.15) is 39.1 Å². The lowest BCUT2D eigenvalue weighted by Crippen LogP contribution is -2.41. The van der Waals surface area contributed by atoms with E-state index in [1.165, 1.54) is 13.1 Å². The Labute approximate surface area is 147 Å². The smallest absolute Gasteiger partial charge is 0.283 e. The molecule has 1 aromatic carbocycles. The number of nitro groups is 1. The van der Waals surface area contributed by atoms with Crippen LogP contribution in [0.5, 0.6) is 0 Å². The second-order valence-electron chi connectivity index (χ2n) is 5.66. The third-order valence-electron chi connectivity index (χ3n) is 4.09. The minimum Gasteiger partial charge on any atom is -0.396 e. The van der Waals surface area contributed by atoms with E-state index in [-0.39, 0.29) is 42.9 Å². The van der Waals surface area contributed by atoms with Crippen LogP contribution in [0.25, 0.3) is 0 Å². The number of carbonyl (C=O) groups is 4. The highest BCUT2D eigenvalue weighted by Gasteiger charge is 2.44. The fraction of sp³-hybridized carbons (Fsp3) is 0.375. The summed E-state index contributed by atoms with van der Waals surface area (Å²) in [6.45, 7) is -0.287. The molecule has 1 heterocycles. The molecule has 2 N–H and O–H groups in total. The van der Waals surface area contributed by atoms with Crippen LogP contribution in [0.4, 0.5) is 5.69 Å². The number of imide groups is 1. The van der Waals surface area contributed by atoms with Crippen LogP contribution in [0.2, 0.25) is 0 Å². The monoisotopic (exact) mass is 363 g/mol. The van der Waals surface area contributed by atoms with Gasteiger partial charge in [-0.15, -0.1) is 0 Å². The Hall–Kier alpha value is -3.14. The molecule has 1 atom stereocenters. The molecular formula is C16H17N3O7. The fourth-order valence-electron chi connectivity index (χ4n) is 2.80. The standard InChI is InChI=1S/C16H17N3O7/c1-17-13(22)3-2-10(8-21)18-15(23)11-6-9(4-5-20)7-12(19(25)26)14(11)16(18)24/h6-8,10,20H,2-5H2,1H3,(H,17,22). The van der Waals surface area contributed by atoms with Gasteiger partial charge < -0.3 is 15.2 Å². The van der Waals surface area contributed by atoms with Gasteiger partial charge >= 0.3 is 0 Å². The first kappa shape index (κ1) is 19.2. The molecule has 1 unspecified atom stereocenters. The van der Waals surface area contributed by atoms with E-state index in [1.807, 2.05) is 0 Å². The first-order valence-electron chi connectivity index (χ1n) is 7.81. The second-order valence-corrected chi connectivity index (χ2v) is 5.66. The fourth-order valence-corrected chi connectivity index (χ4v) is 2.80. The van der Waals surface area contributed by atoms with Crippen LogP contribution >= 0.6 is 0 Å². The number of carbonyl (C=O) groups excluding carboxylic acids is 4. The van der Waals surface area contributed by atoms with Crippen molar-refractivity contribution in [2.24, 2.45) is 0 Å². The summed E-state index contributed by atoms with van der Waals surface area (Å²) >= 11 is 0. The lowest BCUT2D eigenvalue weighted by molar-refractivity contribution is -0.385. The first-order chi connectivity index (χ1) is 12.3. The van der Waals surface area contributed by atoms with E-state index in [0.29, 0.717) is 16.7 Å². The summed E-state index contributed by atoms with van der Waals surface area (Å²) in [5.41, 5.74) is -0.787. The molecule has 26 heavy (non-hydrogen) atoms. The van der Waals surface area contributed by atoms with Crippen molar-refractivity contribution >= 4 is 29.7 Å². The van der Waals surface area contributed by atoms with Gasteiger partial charge in [0.15, 0.2) is 0 Å². The van der Waals surface area contributed by atoms with Gasteiger partial charge in [-0.1, -0.05) is 0 Å². The van der Waals surface area contributed by atoms with Gasteiger partial charge in [0.05, 0.1) is 16.5 Å². The van der Waals surface area contributed by atoms with E-state index in [2.05, 4.69) is 5.32 Å². The lowest BCUT2D eigenvalue weighted by Gasteiger charge is -2.20. The summed E-state index contributed by atoms with van der Waals surface area (Å²) in [5, 5.41) is 22.7. The predicted octanol–water partition coefficient (Wildman–Crippen LogP) is -0.181. The van der Waals surface area contributed by atoms with Crippen molar-refractivity contribution in [1.29, 1.82) is 0 Å². The van der Waals surface area contributed by atoms with Crippen LogP contribution in [0.15, 0.2) is 12.1 Å². The average Bonchev–Trinajstić information content (AvgIpc) is 2.86. The number of aliphatic hydroxyl groups is 1. The molecule has 1 aliphatic rings. The SMILES string of the molecule is CNC(=O)CCC(C=O)N1C(=O)c2cc(CCO)cc([N+](=O)[O-])c2C1=O. The van der Waals surface area contributed by atoms with E-state index in [0.717, 1.165) is 6.07 Å². The van der Waals surface area contributed by atoms with E-state index >= 15 is 0 Å². The molecule has 0 spiro atoms. The number of amides is 3. The summed E-state index contributed by atoms with van der Waals surface area (Å²) in [7, 11) is 1.41. The first-order valence-corrected chi connectivity index (χ1v) is 7.81. The maximum absolute atomic E-state index is 12.6. The van der Waals surface area contributed by atoms with Crippen molar-refractivity contribution in [2.75, 3.05) is 13.7 Å². The Morgan fingerprint density at radius 3 is 2.62 bits per heavy atom. The maximum atomic E-state index is 12.6. The Bertz CT molecular complexity index is 790. The van der Waals surface area contributed by atoms with E-state index in [4.69, 9.17) is 5.11 Å². The highest BCUT2D eigenvalue weighted by molar-refractivity contribution is 6.24. The molecule has 1 aliphatic heterocycles. The van der Waals surface area contributed by atoms with Crippen LogP contribution in [-0.2, 0) is 16.0 Å².